The fraction of sp³-hybridized carbons (Fsp3) is 0.269. The number of hydrogen-bond donors (Lipinski definition) is 2. The van der Waals surface area contributed by atoms with Gasteiger partial charge in [-0.3, -0.25) is 4.79 Å². The lowest BCUT2D eigenvalue weighted by Gasteiger charge is -2.15. The molecule has 1 aliphatic heterocycles. The minimum absolute atomic E-state index is 0.148. The number of hydrogen-bond acceptors (Lipinski definition) is 3. The highest BCUT2D eigenvalue weighted by Gasteiger charge is 2.16. The fourth-order valence-corrected chi connectivity index (χ4v) is 5.35. The lowest BCUT2D eigenvalue weighted by atomic mass is 10.0. The maximum absolute atomic E-state index is 13.1. The molecule has 0 saturated carbocycles. The number of thioether (sulfide) groups is 1. The summed E-state index contributed by atoms with van der Waals surface area (Å²) >= 11 is 8.30. The summed E-state index contributed by atoms with van der Waals surface area (Å²) in [6, 6.07) is 17.8. The van der Waals surface area contributed by atoms with Gasteiger partial charge in [0.15, 0.2) is 0 Å². The molecular formula is C26H26ClFN2OS. The van der Waals surface area contributed by atoms with E-state index in [-0.39, 0.29) is 17.8 Å². The van der Waals surface area contributed by atoms with E-state index in [2.05, 4.69) is 16.7 Å². The Morgan fingerprint density at radius 1 is 1.06 bits per heavy atom. The minimum atomic E-state index is -0.287. The number of fused-ring (bicyclic) bond motifs is 1. The summed E-state index contributed by atoms with van der Waals surface area (Å²) in [6.45, 7) is 3.86. The fourth-order valence-electron chi connectivity index (χ4n) is 3.89. The molecule has 0 unspecified atom stereocenters. The smallest absolute Gasteiger partial charge is 0.251 e. The molecule has 0 bridgehead atoms. The van der Waals surface area contributed by atoms with Gasteiger partial charge in [-0.05, 0) is 85.4 Å². The van der Waals surface area contributed by atoms with Crippen molar-refractivity contribution >= 4 is 29.3 Å². The predicted molar refractivity (Wildman–Crippen MR) is 130 cm³/mol. The summed E-state index contributed by atoms with van der Waals surface area (Å²) in [5.41, 5.74) is 5.34. The van der Waals surface area contributed by atoms with Crippen molar-refractivity contribution in [2.75, 3.05) is 13.1 Å². The van der Waals surface area contributed by atoms with E-state index < -0.39 is 0 Å². The second-order valence-corrected chi connectivity index (χ2v) is 9.39. The molecule has 32 heavy (non-hydrogen) atoms. The third-order valence-electron chi connectivity index (χ3n) is 5.75. The molecule has 1 aliphatic rings. The Morgan fingerprint density at radius 3 is 2.53 bits per heavy atom. The van der Waals surface area contributed by atoms with Crippen LogP contribution >= 0.6 is 23.4 Å². The van der Waals surface area contributed by atoms with Crippen molar-refractivity contribution in [1.29, 1.82) is 0 Å². The zero-order valence-corrected chi connectivity index (χ0v) is 19.5. The van der Waals surface area contributed by atoms with Crippen LogP contribution in [0.15, 0.2) is 65.6 Å². The van der Waals surface area contributed by atoms with Crippen molar-refractivity contribution in [2.24, 2.45) is 0 Å². The van der Waals surface area contributed by atoms with Crippen LogP contribution in [0.2, 0.25) is 5.02 Å². The third kappa shape index (κ3) is 5.52. The molecule has 0 aliphatic carbocycles. The highest BCUT2D eigenvalue weighted by atomic mass is 35.5. The van der Waals surface area contributed by atoms with Crippen LogP contribution in [0.5, 0.6) is 0 Å². The van der Waals surface area contributed by atoms with Crippen LogP contribution in [-0.2, 0) is 18.6 Å². The molecule has 6 heteroatoms. The maximum atomic E-state index is 13.1. The average Bonchev–Trinajstić information content (AvgIpc) is 3.05. The molecule has 166 valence electrons. The summed E-state index contributed by atoms with van der Waals surface area (Å²) < 4.78 is 13.1. The van der Waals surface area contributed by atoms with Crippen LogP contribution in [0.3, 0.4) is 0 Å². The van der Waals surface area contributed by atoms with Crippen molar-refractivity contribution < 1.29 is 9.18 Å². The van der Waals surface area contributed by atoms with Gasteiger partial charge in [-0.2, -0.15) is 0 Å². The molecule has 4 rings (SSSR count). The van der Waals surface area contributed by atoms with Crippen LogP contribution in [0, 0.1) is 5.82 Å². The summed E-state index contributed by atoms with van der Waals surface area (Å²) in [4.78, 5) is 13.8. The SMILES string of the molecule is C[C@@H](NC(=O)c1ccc(CSc2c(Cl)ccc3c2CCNCC3)cc1)c1ccc(F)cc1. The van der Waals surface area contributed by atoms with Crippen molar-refractivity contribution in [2.45, 2.75) is 36.5 Å². The zero-order valence-electron chi connectivity index (χ0n) is 18.0. The molecule has 2 N–H and O–H groups in total. The number of benzene rings is 3. The van der Waals surface area contributed by atoms with Gasteiger partial charge in [-0.15, -0.1) is 11.8 Å². The number of amides is 1. The van der Waals surface area contributed by atoms with Crippen LogP contribution in [-0.4, -0.2) is 19.0 Å². The van der Waals surface area contributed by atoms with E-state index >= 15 is 0 Å². The number of nitrogens with one attached hydrogen (secondary N) is 2. The van der Waals surface area contributed by atoms with Crippen LogP contribution < -0.4 is 10.6 Å². The molecule has 0 spiro atoms. The molecule has 3 aromatic rings. The highest BCUT2D eigenvalue weighted by molar-refractivity contribution is 7.98. The molecular weight excluding hydrogens is 443 g/mol. The molecule has 0 radical (unpaired) electrons. The van der Waals surface area contributed by atoms with Crippen LogP contribution in [0.1, 0.15) is 45.6 Å². The van der Waals surface area contributed by atoms with Crippen molar-refractivity contribution in [3.63, 3.8) is 0 Å². The topological polar surface area (TPSA) is 41.1 Å². The largest absolute Gasteiger partial charge is 0.346 e. The second-order valence-electron chi connectivity index (χ2n) is 8.00. The summed E-state index contributed by atoms with van der Waals surface area (Å²) in [5.74, 6) is 0.354. The Morgan fingerprint density at radius 2 is 1.78 bits per heavy atom. The second kappa shape index (κ2) is 10.5. The van der Waals surface area contributed by atoms with Crippen LogP contribution in [0.25, 0.3) is 0 Å². The third-order valence-corrected chi connectivity index (χ3v) is 7.41. The first-order valence-corrected chi connectivity index (χ1v) is 12.2. The number of carbonyl (C=O) groups excluding carboxylic acids is 1. The monoisotopic (exact) mass is 468 g/mol. The van der Waals surface area contributed by atoms with Crippen molar-refractivity contribution in [3.8, 4) is 0 Å². The Hall–Kier alpha value is -2.34. The number of rotatable bonds is 6. The molecule has 0 saturated heterocycles. The lowest BCUT2D eigenvalue weighted by Crippen LogP contribution is -2.26. The standard InChI is InChI=1S/C26H26ClFN2OS/c1-17(19-6-9-22(28)10-7-19)30-26(31)21-4-2-18(3-5-21)16-32-25-23-13-15-29-14-12-20(23)8-11-24(25)27/h2-11,17,29H,12-16H2,1H3,(H,30,31)/t17-/m1/s1. The van der Waals surface area contributed by atoms with Crippen molar-refractivity contribution in [1.82, 2.24) is 10.6 Å². The van der Waals surface area contributed by atoms with Gasteiger partial charge in [0.2, 0.25) is 0 Å². The summed E-state index contributed by atoms with van der Waals surface area (Å²) in [5, 5.41) is 7.22. The van der Waals surface area contributed by atoms with Gasteiger partial charge in [0, 0.05) is 16.2 Å². The first kappa shape index (κ1) is 22.8. The Kier molecular flexibility index (Phi) is 7.51. The van der Waals surface area contributed by atoms with Crippen molar-refractivity contribution in [3.05, 3.63) is 99.3 Å². The van der Waals surface area contributed by atoms with E-state index in [0.717, 1.165) is 47.8 Å². The summed E-state index contributed by atoms with van der Waals surface area (Å²) in [7, 11) is 0. The molecule has 1 atom stereocenters. The first-order valence-electron chi connectivity index (χ1n) is 10.8. The predicted octanol–water partition coefficient (Wildman–Crippen LogP) is 5.95. The van der Waals surface area contributed by atoms with E-state index in [9.17, 15) is 9.18 Å². The van der Waals surface area contributed by atoms with E-state index in [4.69, 9.17) is 11.6 Å². The maximum Gasteiger partial charge on any atom is 0.251 e. The molecule has 0 fully saturated rings. The van der Waals surface area contributed by atoms with Gasteiger partial charge in [0.25, 0.3) is 5.91 Å². The molecule has 0 aromatic heterocycles. The van der Waals surface area contributed by atoms with E-state index in [1.165, 1.54) is 28.2 Å². The number of carbonyl (C=O) groups is 1. The van der Waals surface area contributed by atoms with E-state index in [1.54, 1.807) is 23.9 Å². The van der Waals surface area contributed by atoms with Gasteiger partial charge >= 0.3 is 0 Å². The van der Waals surface area contributed by atoms with Crippen LogP contribution in [0.4, 0.5) is 4.39 Å². The van der Waals surface area contributed by atoms with Gasteiger partial charge in [-0.1, -0.05) is 41.9 Å². The Labute approximate surface area is 197 Å². The van der Waals surface area contributed by atoms with E-state index in [1.807, 2.05) is 37.3 Å². The zero-order chi connectivity index (χ0) is 22.5. The molecule has 1 amide bonds. The van der Waals surface area contributed by atoms with Gasteiger partial charge in [-0.25, -0.2) is 4.39 Å². The normalized spacial score (nSPS) is 14.3. The quantitative estimate of drug-likeness (QED) is 0.439. The molecule has 3 nitrogen and oxygen atoms in total. The average molecular weight is 469 g/mol. The number of halogens is 2. The van der Waals surface area contributed by atoms with E-state index in [0.29, 0.717) is 5.56 Å². The minimum Gasteiger partial charge on any atom is -0.346 e. The Bertz CT molecular complexity index is 1090. The lowest BCUT2D eigenvalue weighted by molar-refractivity contribution is 0.0940. The van der Waals surface area contributed by atoms with Gasteiger partial charge < -0.3 is 10.6 Å². The Balaban J connectivity index is 1.39. The van der Waals surface area contributed by atoms with Gasteiger partial charge in [0.05, 0.1) is 11.1 Å². The van der Waals surface area contributed by atoms with Gasteiger partial charge in [0.1, 0.15) is 5.82 Å². The first-order chi connectivity index (χ1) is 15.5. The molecule has 1 heterocycles. The highest BCUT2D eigenvalue weighted by Crippen LogP contribution is 2.36. The molecule has 3 aromatic carbocycles. The summed E-state index contributed by atoms with van der Waals surface area (Å²) in [6.07, 6.45) is 2.02.